The molecule has 1 spiro atoms. The zero-order chi connectivity index (χ0) is 15.9. The van der Waals surface area contributed by atoms with Gasteiger partial charge in [0.25, 0.3) is 5.66 Å². The van der Waals surface area contributed by atoms with E-state index in [1.165, 1.54) is 0 Å². The van der Waals surface area contributed by atoms with Crippen LogP contribution in [0.5, 0.6) is 0 Å². The molecule has 0 aromatic carbocycles. The molecule has 0 N–H and O–H groups in total. The van der Waals surface area contributed by atoms with E-state index in [1.54, 1.807) is 0 Å². The summed E-state index contributed by atoms with van der Waals surface area (Å²) in [5.41, 5.74) is -2.09. The van der Waals surface area contributed by atoms with E-state index in [-0.39, 0.29) is 10.0 Å². The van der Waals surface area contributed by atoms with Crippen LogP contribution in [0.3, 0.4) is 0 Å². The van der Waals surface area contributed by atoms with Gasteiger partial charge in [-0.2, -0.15) is 0 Å². The molecule has 2 rings (SSSR count). The van der Waals surface area contributed by atoms with Crippen LogP contribution in [0.2, 0.25) is 0 Å². The summed E-state index contributed by atoms with van der Waals surface area (Å²) in [6.07, 6.45) is 0. The Labute approximate surface area is 114 Å². The fraction of sp³-hybridized carbons (Fsp3) is 1.00. The largest absolute Gasteiger partial charge is 0.277 e. The van der Waals surface area contributed by atoms with Crippen LogP contribution in [-0.2, 0) is 0 Å². The van der Waals surface area contributed by atoms with Crippen LogP contribution in [0.4, 0.5) is 0 Å². The minimum absolute atomic E-state index is 0.266. The van der Waals surface area contributed by atoms with Crippen molar-refractivity contribution in [2.45, 2.75) is 5.66 Å². The third kappa shape index (κ3) is 2.01. The SMILES string of the molecule is O=[N+]([O-])N1CN([N+](=O)[O-])C2(C1)CN([N+](=O)[O-])CN2[N+](=O)[O-]. The van der Waals surface area contributed by atoms with Crippen LogP contribution in [0.25, 0.3) is 0 Å². The van der Waals surface area contributed by atoms with Crippen LogP contribution in [0.15, 0.2) is 0 Å². The van der Waals surface area contributed by atoms with E-state index in [2.05, 4.69) is 0 Å². The Kier molecular flexibility index (Phi) is 2.99. The summed E-state index contributed by atoms with van der Waals surface area (Å²) in [6, 6.07) is 0. The third-order valence-corrected chi connectivity index (χ3v) is 3.28. The summed E-state index contributed by atoms with van der Waals surface area (Å²) in [5.74, 6) is 0. The minimum Gasteiger partial charge on any atom is -0.235 e. The van der Waals surface area contributed by atoms with Crippen LogP contribution >= 0.6 is 0 Å². The van der Waals surface area contributed by atoms with Gasteiger partial charge < -0.3 is 0 Å². The zero-order valence-electron chi connectivity index (χ0n) is 10.2. The van der Waals surface area contributed by atoms with Gasteiger partial charge in [0.15, 0.2) is 20.1 Å². The molecule has 0 amide bonds. The molecule has 0 unspecified atom stereocenters. The first-order valence-electron chi connectivity index (χ1n) is 5.31. The van der Waals surface area contributed by atoms with E-state index in [0.29, 0.717) is 10.0 Å². The molecule has 2 heterocycles. The maximum atomic E-state index is 11.0. The first-order chi connectivity index (χ1) is 9.69. The highest BCUT2D eigenvalue weighted by molar-refractivity contribution is 4.95. The second-order valence-electron chi connectivity index (χ2n) is 4.34. The summed E-state index contributed by atoms with van der Waals surface area (Å²) in [4.78, 5) is 43.5. The number of hydrogen-bond donors (Lipinski definition) is 0. The summed E-state index contributed by atoms with van der Waals surface area (Å²) >= 11 is 0. The predicted octanol–water partition coefficient (Wildman–Crippen LogP) is -2.40. The number of hydrogen-bond acceptors (Lipinski definition) is 8. The molecule has 2 aliphatic rings. The van der Waals surface area contributed by atoms with Crippen LogP contribution in [0.1, 0.15) is 0 Å². The number of hydrazine groups is 4. The van der Waals surface area contributed by atoms with Crippen LogP contribution < -0.4 is 0 Å². The van der Waals surface area contributed by atoms with Crippen molar-refractivity contribution in [1.82, 2.24) is 20.0 Å². The molecule has 0 radical (unpaired) electrons. The average molecular weight is 308 g/mol. The Morgan fingerprint density at radius 2 is 1.00 bits per heavy atom. The van der Waals surface area contributed by atoms with E-state index in [9.17, 15) is 40.5 Å². The second kappa shape index (κ2) is 4.42. The smallest absolute Gasteiger partial charge is 0.235 e. The normalized spacial score (nSPS) is 20.2. The van der Waals surface area contributed by atoms with Crippen molar-refractivity contribution in [2.75, 3.05) is 26.4 Å². The quantitative estimate of drug-likeness (QED) is 0.396. The van der Waals surface area contributed by atoms with Crippen molar-refractivity contribution in [3.05, 3.63) is 40.5 Å². The molecule has 0 aromatic rings. The molecule has 2 saturated heterocycles. The van der Waals surface area contributed by atoms with Gasteiger partial charge >= 0.3 is 0 Å². The topological polar surface area (TPSA) is 186 Å². The zero-order valence-corrected chi connectivity index (χ0v) is 10.2. The standard InChI is InChI=1S/C5H8N8O8/c14-10(15)6-1-5(8(3-6)12(18)19)2-7(11(16)17)4-9(5)13(20)21/h1-4H2. The Morgan fingerprint density at radius 1 is 0.667 bits per heavy atom. The highest BCUT2D eigenvalue weighted by Gasteiger charge is 2.69. The molecule has 2 fully saturated rings. The van der Waals surface area contributed by atoms with Gasteiger partial charge in [0.2, 0.25) is 13.3 Å². The lowest BCUT2D eigenvalue weighted by molar-refractivity contribution is -0.737. The van der Waals surface area contributed by atoms with Gasteiger partial charge in [-0.05, 0) is 0 Å². The van der Waals surface area contributed by atoms with Crippen molar-refractivity contribution in [3.63, 3.8) is 0 Å². The highest BCUT2D eigenvalue weighted by Crippen LogP contribution is 2.34. The molecule has 0 bridgehead atoms. The molecule has 21 heavy (non-hydrogen) atoms. The van der Waals surface area contributed by atoms with Gasteiger partial charge in [0, 0.05) is 0 Å². The lowest BCUT2D eigenvalue weighted by atomic mass is 10.2. The van der Waals surface area contributed by atoms with Crippen LogP contribution in [-0.4, -0.2) is 72.3 Å². The van der Waals surface area contributed by atoms with Gasteiger partial charge in [0.1, 0.15) is 13.1 Å². The average Bonchev–Trinajstić information content (AvgIpc) is 2.92. The predicted molar refractivity (Wildman–Crippen MR) is 57.5 cm³/mol. The summed E-state index contributed by atoms with van der Waals surface area (Å²) in [5, 5.41) is 40.9. The molecule has 16 heteroatoms. The first kappa shape index (κ1) is 14.2. The van der Waals surface area contributed by atoms with Crippen LogP contribution in [0, 0.1) is 40.5 Å². The number of nitro groups is 4. The van der Waals surface area contributed by atoms with Crippen molar-refractivity contribution in [3.8, 4) is 0 Å². The maximum absolute atomic E-state index is 11.0. The summed E-state index contributed by atoms with van der Waals surface area (Å²) in [7, 11) is 0. The Balaban J connectivity index is 2.43. The molecule has 116 valence electrons. The minimum atomic E-state index is -2.09. The molecule has 0 saturated carbocycles. The molecule has 16 nitrogen and oxygen atoms in total. The molecule has 2 aliphatic heterocycles. The third-order valence-electron chi connectivity index (χ3n) is 3.28. The molecule has 0 aliphatic carbocycles. The van der Waals surface area contributed by atoms with Gasteiger partial charge in [-0.3, -0.25) is 0 Å². The Morgan fingerprint density at radius 3 is 1.24 bits per heavy atom. The van der Waals surface area contributed by atoms with Gasteiger partial charge in [-0.15, -0.1) is 0 Å². The maximum Gasteiger partial charge on any atom is 0.277 e. The first-order valence-corrected chi connectivity index (χ1v) is 5.31. The van der Waals surface area contributed by atoms with E-state index in [4.69, 9.17) is 0 Å². The van der Waals surface area contributed by atoms with Crippen molar-refractivity contribution in [2.24, 2.45) is 0 Å². The van der Waals surface area contributed by atoms with Crippen molar-refractivity contribution >= 4 is 0 Å². The monoisotopic (exact) mass is 308 g/mol. The van der Waals surface area contributed by atoms with Crippen molar-refractivity contribution in [1.29, 1.82) is 0 Å². The Bertz CT molecular complexity index is 477. The van der Waals surface area contributed by atoms with Gasteiger partial charge in [-0.25, -0.2) is 40.5 Å². The fourth-order valence-electron chi connectivity index (χ4n) is 2.39. The highest BCUT2D eigenvalue weighted by atomic mass is 16.7. The van der Waals surface area contributed by atoms with E-state index < -0.39 is 52.2 Å². The van der Waals surface area contributed by atoms with Gasteiger partial charge in [0.05, 0.1) is 0 Å². The summed E-state index contributed by atoms with van der Waals surface area (Å²) in [6.45, 7) is -3.08. The Hall–Kier alpha value is -3.20. The lowest BCUT2D eigenvalue weighted by Crippen LogP contribution is -2.61. The van der Waals surface area contributed by atoms with E-state index in [0.717, 1.165) is 0 Å². The molecule has 0 aromatic heterocycles. The second-order valence-corrected chi connectivity index (χ2v) is 4.34. The number of nitrogens with zero attached hydrogens (tertiary/aromatic N) is 8. The number of rotatable bonds is 4. The summed E-state index contributed by atoms with van der Waals surface area (Å²) < 4.78 is 0. The van der Waals surface area contributed by atoms with E-state index >= 15 is 0 Å². The molecular formula is C5H8N8O8. The van der Waals surface area contributed by atoms with Crippen molar-refractivity contribution < 1.29 is 20.1 Å². The fourth-order valence-corrected chi connectivity index (χ4v) is 2.39. The van der Waals surface area contributed by atoms with E-state index in [1.807, 2.05) is 0 Å². The molecular weight excluding hydrogens is 300 g/mol. The molecule has 0 atom stereocenters. The lowest BCUT2D eigenvalue weighted by Gasteiger charge is -2.26. The van der Waals surface area contributed by atoms with Gasteiger partial charge in [-0.1, -0.05) is 20.0 Å².